The number of amides is 1. The Balaban J connectivity index is 1.09. The van der Waals surface area contributed by atoms with E-state index in [-0.39, 0.29) is 11.7 Å². The molecule has 0 unspecified atom stereocenters. The van der Waals surface area contributed by atoms with E-state index in [9.17, 15) is 9.18 Å². The molecule has 0 saturated heterocycles. The highest BCUT2D eigenvalue weighted by atomic mass is 18.2. The molecule has 0 fully saturated rings. The summed E-state index contributed by atoms with van der Waals surface area (Å²) in [5.74, 6) is 0.0964. The van der Waals surface area contributed by atoms with Crippen molar-refractivity contribution in [1.29, 1.82) is 0 Å². The fourth-order valence-electron chi connectivity index (χ4n) is 6.21. The van der Waals surface area contributed by atoms with E-state index in [1.54, 1.807) is 0 Å². The number of nitrogens with zero attached hydrogens (tertiary/aromatic N) is 6. The zero-order valence-corrected chi connectivity index (χ0v) is 32.0. The van der Waals surface area contributed by atoms with Gasteiger partial charge in [0, 0.05) is 76.2 Å². The highest BCUT2D eigenvalue weighted by Crippen LogP contribution is 2.23. The average Bonchev–Trinajstić information content (AvgIpc) is 3.23. The number of benzene rings is 2. The third-order valence-corrected chi connectivity index (χ3v) is 8.79. The van der Waals surface area contributed by atoms with Crippen LogP contribution in [0.3, 0.4) is 0 Å². The lowest BCUT2D eigenvalue weighted by molar-refractivity contribution is 0.0370. The maximum Gasteiger partial charge on any atom is 0.251 e. The van der Waals surface area contributed by atoms with Crippen LogP contribution in [-0.4, -0.2) is 75.2 Å². The molecule has 57 heavy (non-hydrogen) atoms. The Bertz CT molecular complexity index is 1860. The Morgan fingerprint density at radius 1 is 0.526 bits per heavy atom. The Labute approximate surface area is 333 Å². The normalized spacial score (nSPS) is 11.2. The molecule has 0 aliphatic carbocycles. The molecule has 6 rings (SSSR count). The molecule has 6 aromatic rings. The van der Waals surface area contributed by atoms with Gasteiger partial charge in [-0.15, -0.1) is 0 Å². The Morgan fingerprint density at radius 3 is 1.40 bits per heavy atom. The number of hydrogen-bond donors (Lipinski definition) is 1. The van der Waals surface area contributed by atoms with E-state index in [1.807, 2.05) is 97.6 Å². The molecule has 0 radical (unpaired) electrons. The van der Waals surface area contributed by atoms with Crippen molar-refractivity contribution in [1.82, 2.24) is 35.1 Å². The molecule has 2 aromatic carbocycles. The molecule has 12 heteroatoms. The second-order valence-electron chi connectivity index (χ2n) is 13.4. The van der Waals surface area contributed by atoms with Crippen LogP contribution in [0, 0.1) is 5.82 Å². The van der Waals surface area contributed by atoms with Crippen LogP contribution in [0.15, 0.2) is 140 Å². The molecule has 0 aliphatic heterocycles. The molecule has 294 valence electrons. The summed E-state index contributed by atoms with van der Waals surface area (Å²) in [4.78, 5) is 35.3. The van der Waals surface area contributed by atoms with E-state index in [4.69, 9.17) is 14.2 Å². The standard InChI is InChI=1S/C45H48FN7O4/c46-39-15-13-38(14-16-39)45(54)51-21-22-55-23-24-56-25-26-57-44-28-36(30-52(32-40-9-1-5-17-47-40)33-41-10-2-6-18-48-41)27-37(29-44)31-53(34-42-11-3-7-19-49-42)35-43-12-4-8-20-50-43/h1-20,27-29H,21-26,30-35H2,(H,51,54)/i46-1. The first-order valence-electron chi connectivity index (χ1n) is 19.0. The van der Waals surface area contributed by atoms with Gasteiger partial charge in [-0.1, -0.05) is 30.3 Å². The number of carbonyl (C=O) groups is 1. The second kappa shape index (κ2) is 22.6. The van der Waals surface area contributed by atoms with Gasteiger partial charge in [0.05, 0.1) is 49.2 Å². The number of nitrogens with one attached hydrogen (secondary N) is 1. The summed E-state index contributed by atoms with van der Waals surface area (Å²) in [7, 11) is 0. The lowest BCUT2D eigenvalue weighted by Crippen LogP contribution is -2.27. The summed E-state index contributed by atoms with van der Waals surface area (Å²) >= 11 is 0. The van der Waals surface area contributed by atoms with Crippen LogP contribution in [-0.2, 0) is 48.7 Å². The van der Waals surface area contributed by atoms with Crippen molar-refractivity contribution in [2.45, 2.75) is 39.3 Å². The van der Waals surface area contributed by atoms with Crippen molar-refractivity contribution in [3.05, 3.63) is 185 Å². The van der Waals surface area contributed by atoms with Crippen molar-refractivity contribution in [2.24, 2.45) is 0 Å². The number of halogens is 1. The summed E-state index contributed by atoms with van der Waals surface area (Å²) in [6, 6.07) is 35.8. The highest BCUT2D eigenvalue weighted by Gasteiger charge is 2.15. The minimum atomic E-state index is -0.383. The molecule has 1 N–H and O–H groups in total. The molecular weight excluding hydrogens is 721 g/mol. The van der Waals surface area contributed by atoms with E-state index < -0.39 is 0 Å². The van der Waals surface area contributed by atoms with Crippen molar-refractivity contribution in [2.75, 3.05) is 39.6 Å². The third-order valence-electron chi connectivity index (χ3n) is 8.79. The van der Waals surface area contributed by atoms with E-state index in [1.165, 1.54) is 24.3 Å². The van der Waals surface area contributed by atoms with Gasteiger partial charge in [0.1, 0.15) is 18.2 Å². The summed E-state index contributed by atoms with van der Waals surface area (Å²) in [5.41, 5.74) is 6.52. The minimum Gasteiger partial charge on any atom is -0.491 e. The number of rotatable bonds is 23. The van der Waals surface area contributed by atoms with Gasteiger partial charge in [0.15, 0.2) is 0 Å². The fourth-order valence-corrected chi connectivity index (χ4v) is 6.21. The summed E-state index contributed by atoms with van der Waals surface area (Å²) in [5, 5.41) is 2.76. The van der Waals surface area contributed by atoms with Crippen molar-refractivity contribution >= 4 is 5.91 Å². The predicted molar refractivity (Wildman–Crippen MR) is 215 cm³/mol. The summed E-state index contributed by atoms with van der Waals surface area (Å²) < 4.78 is 30.9. The first kappa shape index (κ1) is 40.7. The number of aromatic nitrogens is 4. The minimum absolute atomic E-state index is 0.276. The topological polar surface area (TPSA) is 115 Å². The largest absolute Gasteiger partial charge is 0.491 e. The molecule has 4 aromatic heterocycles. The van der Waals surface area contributed by atoms with Gasteiger partial charge >= 0.3 is 0 Å². The van der Waals surface area contributed by atoms with Crippen LogP contribution in [0.2, 0.25) is 0 Å². The zero-order valence-electron chi connectivity index (χ0n) is 32.0. The van der Waals surface area contributed by atoms with Gasteiger partial charge in [-0.3, -0.25) is 34.5 Å². The van der Waals surface area contributed by atoms with Gasteiger partial charge in [-0.2, -0.15) is 0 Å². The Hall–Kier alpha value is -5.92. The van der Waals surface area contributed by atoms with Crippen LogP contribution in [0.25, 0.3) is 0 Å². The maximum absolute atomic E-state index is 13.1. The average molecular weight is 769 g/mol. The molecule has 0 bridgehead atoms. The number of pyridine rings is 4. The van der Waals surface area contributed by atoms with E-state index in [2.05, 4.69) is 53.3 Å². The first-order valence-corrected chi connectivity index (χ1v) is 19.0. The van der Waals surface area contributed by atoms with E-state index in [0.29, 0.717) is 84.4 Å². The molecule has 11 nitrogen and oxygen atoms in total. The van der Waals surface area contributed by atoms with E-state index >= 15 is 0 Å². The SMILES string of the molecule is O=C(NCCOCCOCCOc1cc(CN(Cc2ccccn2)Cc2ccccn2)cc(CN(Cc2ccccn2)Cc2ccccn2)c1)c1ccc([18F])cc1. The molecule has 4 heterocycles. The summed E-state index contributed by atoms with van der Waals surface area (Å²) in [6.45, 7) is 6.06. The van der Waals surface area contributed by atoms with Crippen LogP contribution < -0.4 is 10.1 Å². The van der Waals surface area contributed by atoms with Crippen LogP contribution in [0.5, 0.6) is 5.75 Å². The lowest BCUT2D eigenvalue weighted by Gasteiger charge is -2.25. The molecule has 1 amide bonds. The van der Waals surface area contributed by atoms with Crippen molar-refractivity contribution < 1.29 is 23.4 Å². The van der Waals surface area contributed by atoms with Crippen molar-refractivity contribution in [3.63, 3.8) is 0 Å². The van der Waals surface area contributed by atoms with Gasteiger partial charge < -0.3 is 19.5 Å². The van der Waals surface area contributed by atoms with Crippen LogP contribution in [0.4, 0.5) is 4.39 Å². The lowest BCUT2D eigenvalue weighted by atomic mass is 10.1. The van der Waals surface area contributed by atoms with Gasteiger partial charge in [-0.05, 0) is 96.1 Å². The van der Waals surface area contributed by atoms with E-state index in [0.717, 1.165) is 39.7 Å². The zero-order chi connectivity index (χ0) is 39.3. The fraction of sp³-hybridized carbons (Fsp3) is 0.267. The Morgan fingerprint density at radius 2 is 0.965 bits per heavy atom. The van der Waals surface area contributed by atoms with Gasteiger partial charge in [0.2, 0.25) is 0 Å². The molecule has 0 spiro atoms. The van der Waals surface area contributed by atoms with Gasteiger partial charge in [-0.25, -0.2) is 4.39 Å². The molecular formula is C45H48FN7O4. The highest BCUT2D eigenvalue weighted by molar-refractivity contribution is 5.94. The summed E-state index contributed by atoms with van der Waals surface area (Å²) in [6.07, 6.45) is 7.29. The monoisotopic (exact) mass is 768 g/mol. The number of hydrogen-bond acceptors (Lipinski definition) is 10. The number of ether oxygens (including phenoxy) is 3. The van der Waals surface area contributed by atoms with Crippen molar-refractivity contribution in [3.8, 4) is 5.75 Å². The quantitative estimate of drug-likeness (QED) is 0.0711. The second-order valence-corrected chi connectivity index (χ2v) is 13.4. The predicted octanol–water partition coefficient (Wildman–Crippen LogP) is 6.65. The molecule has 0 atom stereocenters. The molecule has 0 saturated carbocycles. The maximum atomic E-state index is 13.1. The molecule has 0 aliphatic rings. The third kappa shape index (κ3) is 14.6. The van der Waals surface area contributed by atoms with Gasteiger partial charge in [0.25, 0.3) is 5.91 Å². The van der Waals surface area contributed by atoms with Crippen LogP contribution >= 0.6 is 0 Å². The van der Waals surface area contributed by atoms with Crippen LogP contribution in [0.1, 0.15) is 44.3 Å². The smallest absolute Gasteiger partial charge is 0.251 e. The first-order chi connectivity index (χ1) is 28.1. The number of carbonyl (C=O) groups excluding carboxylic acids is 1. The Kier molecular flexibility index (Phi) is 16.1.